The van der Waals surface area contributed by atoms with Gasteiger partial charge in [-0.3, -0.25) is 19.8 Å². The highest BCUT2D eigenvalue weighted by Crippen LogP contribution is 2.34. The van der Waals surface area contributed by atoms with Crippen LogP contribution in [0.4, 0.5) is 11.4 Å². The number of anilines is 1. The predicted molar refractivity (Wildman–Crippen MR) is 114 cm³/mol. The molecular weight excluding hydrogens is 408 g/mol. The number of amides is 1. The molecule has 3 rings (SSSR count). The molecule has 152 valence electrons. The molecule has 1 heterocycles. The molecule has 0 N–H and O–H groups in total. The fraction of sp³-hybridized carbons (Fsp3) is 0.100. The second-order valence-corrected chi connectivity index (χ2v) is 6.82. The fourth-order valence-corrected chi connectivity index (χ4v) is 3.36. The molecule has 2 aromatic carbocycles. The first-order valence-corrected chi connectivity index (χ1v) is 9.62. The van der Waals surface area contributed by atoms with Crippen LogP contribution in [-0.4, -0.2) is 34.8 Å². The minimum atomic E-state index is -0.614. The first-order valence-electron chi connectivity index (χ1n) is 8.81. The van der Waals surface area contributed by atoms with Gasteiger partial charge in [0.25, 0.3) is 11.6 Å². The van der Waals surface area contributed by atoms with E-state index in [1.165, 1.54) is 35.4 Å². The highest BCUT2D eigenvalue weighted by atomic mass is 32.2. The second-order valence-electron chi connectivity index (χ2n) is 5.81. The van der Waals surface area contributed by atoms with Crippen molar-refractivity contribution in [3.05, 3.63) is 81.3 Å². The number of non-ortho nitro benzene ring substituents is 1. The molecule has 2 aromatic rings. The van der Waals surface area contributed by atoms with Crippen LogP contribution in [0.2, 0.25) is 0 Å². The zero-order valence-electron chi connectivity index (χ0n) is 15.8. The summed E-state index contributed by atoms with van der Waals surface area (Å²) in [4.78, 5) is 36.3. The number of carbonyl (C=O) groups is 2. The number of hydrogen-bond donors (Lipinski definition) is 0. The number of rotatable bonds is 6. The number of hydrogen-bond acceptors (Lipinski definition) is 8. The molecule has 30 heavy (non-hydrogen) atoms. The highest BCUT2D eigenvalue weighted by Gasteiger charge is 2.35. The lowest BCUT2D eigenvalue weighted by molar-refractivity contribution is -0.384. The van der Waals surface area contributed by atoms with E-state index >= 15 is 0 Å². The number of nitro groups is 1. The van der Waals surface area contributed by atoms with Crippen molar-refractivity contribution >= 4 is 46.4 Å². The van der Waals surface area contributed by atoms with E-state index in [1.54, 1.807) is 31.2 Å². The number of carbonyl (C=O) groups excluding carboxylic acids is 2. The number of amidine groups is 1. The van der Waals surface area contributed by atoms with Gasteiger partial charge in [-0.2, -0.15) is 5.10 Å². The number of esters is 1. The van der Waals surface area contributed by atoms with Gasteiger partial charge in [0.2, 0.25) is 5.17 Å². The van der Waals surface area contributed by atoms with E-state index in [4.69, 9.17) is 4.74 Å². The number of nitrogens with zero attached hydrogens (tertiary/aromatic N) is 4. The Balaban J connectivity index is 1.88. The summed E-state index contributed by atoms with van der Waals surface area (Å²) in [5.41, 5.74) is 1.15. The van der Waals surface area contributed by atoms with E-state index in [-0.39, 0.29) is 22.4 Å². The van der Waals surface area contributed by atoms with Gasteiger partial charge in [-0.25, -0.2) is 4.79 Å². The van der Waals surface area contributed by atoms with Crippen molar-refractivity contribution in [2.24, 2.45) is 10.2 Å². The third-order valence-electron chi connectivity index (χ3n) is 3.81. The molecule has 10 heteroatoms. The largest absolute Gasteiger partial charge is 0.463 e. The van der Waals surface area contributed by atoms with Gasteiger partial charge in [0.15, 0.2) is 0 Å². The van der Waals surface area contributed by atoms with Crippen LogP contribution in [-0.2, 0) is 14.3 Å². The second kappa shape index (κ2) is 9.61. The van der Waals surface area contributed by atoms with Gasteiger partial charge in [-0.05, 0) is 48.5 Å². The Hall–Kier alpha value is -3.79. The first kappa shape index (κ1) is 20.9. The lowest BCUT2D eigenvalue weighted by Crippen LogP contribution is -2.28. The fourth-order valence-electron chi connectivity index (χ4n) is 2.46. The Morgan fingerprint density at radius 1 is 1.20 bits per heavy atom. The highest BCUT2D eigenvalue weighted by molar-refractivity contribution is 8.19. The number of ether oxygens (including phenoxy) is 1. The molecule has 1 saturated heterocycles. The van der Waals surface area contributed by atoms with Crippen LogP contribution in [0.25, 0.3) is 0 Å². The number of nitro benzene ring substituents is 1. The Morgan fingerprint density at radius 3 is 2.53 bits per heavy atom. The van der Waals surface area contributed by atoms with Gasteiger partial charge in [-0.15, -0.1) is 5.10 Å². The average Bonchev–Trinajstić information content (AvgIpc) is 3.04. The molecule has 1 aliphatic heterocycles. The molecule has 0 unspecified atom stereocenters. The third kappa shape index (κ3) is 4.97. The van der Waals surface area contributed by atoms with Crippen LogP contribution in [0, 0.1) is 10.1 Å². The quantitative estimate of drug-likeness (QED) is 0.230. The molecule has 0 saturated carbocycles. The van der Waals surface area contributed by atoms with Gasteiger partial charge in [0.1, 0.15) is 0 Å². The predicted octanol–water partition coefficient (Wildman–Crippen LogP) is 3.51. The molecule has 0 spiro atoms. The Morgan fingerprint density at radius 2 is 1.90 bits per heavy atom. The smallest absolute Gasteiger partial charge is 0.332 e. The normalized spacial score (nSPS) is 16.6. The standard InChI is InChI=1S/C20H16N4O5S/c1-2-29-18(25)12-17-19(26)23(15-6-4-3-5-7-15)20(30-17)22-21-13-14-8-10-16(11-9-14)24(27)28/h3-13H,2H2,1H3/b17-12-,21-13+,22-20+. The van der Waals surface area contributed by atoms with Crippen LogP contribution < -0.4 is 4.90 Å². The van der Waals surface area contributed by atoms with E-state index in [0.717, 1.165) is 17.8 Å². The minimum Gasteiger partial charge on any atom is -0.463 e. The molecule has 0 aromatic heterocycles. The van der Waals surface area contributed by atoms with Crippen LogP contribution in [0.15, 0.2) is 75.8 Å². The minimum absolute atomic E-state index is 0.0283. The molecule has 0 bridgehead atoms. The maximum Gasteiger partial charge on any atom is 0.332 e. The number of para-hydroxylation sites is 1. The van der Waals surface area contributed by atoms with Crippen LogP contribution in [0.1, 0.15) is 12.5 Å². The van der Waals surface area contributed by atoms with E-state index in [2.05, 4.69) is 10.2 Å². The lowest BCUT2D eigenvalue weighted by Gasteiger charge is -2.14. The molecule has 1 amide bonds. The van der Waals surface area contributed by atoms with Crippen molar-refractivity contribution in [1.29, 1.82) is 0 Å². The Labute approximate surface area is 175 Å². The molecule has 9 nitrogen and oxygen atoms in total. The van der Waals surface area contributed by atoms with Crippen molar-refractivity contribution < 1.29 is 19.2 Å². The van der Waals surface area contributed by atoms with E-state index in [0.29, 0.717) is 11.3 Å². The average molecular weight is 424 g/mol. The van der Waals surface area contributed by atoms with Crippen molar-refractivity contribution in [2.45, 2.75) is 6.92 Å². The summed E-state index contributed by atoms with van der Waals surface area (Å²) in [7, 11) is 0. The van der Waals surface area contributed by atoms with Crippen molar-refractivity contribution in [1.82, 2.24) is 0 Å². The summed E-state index contributed by atoms with van der Waals surface area (Å²) in [6, 6.07) is 14.6. The Bertz CT molecular complexity index is 1050. The van der Waals surface area contributed by atoms with Gasteiger partial charge in [0.05, 0.1) is 28.3 Å². The topological polar surface area (TPSA) is 114 Å². The molecular formula is C20H16N4O5S. The number of benzene rings is 2. The number of thioether (sulfide) groups is 1. The van der Waals surface area contributed by atoms with Crippen LogP contribution >= 0.6 is 11.8 Å². The lowest BCUT2D eigenvalue weighted by atomic mass is 10.2. The molecule has 0 radical (unpaired) electrons. The molecule has 1 aliphatic rings. The van der Waals surface area contributed by atoms with Gasteiger partial charge in [0, 0.05) is 18.2 Å². The zero-order chi connectivity index (χ0) is 21.5. The van der Waals surface area contributed by atoms with Crippen molar-refractivity contribution in [3.8, 4) is 0 Å². The molecule has 0 atom stereocenters. The monoisotopic (exact) mass is 424 g/mol. The van der Waals surface area contributed by atoms with E-state index < -0.39 is 16.8 Å². The maximum absolute atomic E-state index is 12.8. The SMILES string of the molecule is CCOC(=O)/C=C1\S/C(=N/N=C/c2ccc([N+](=O)[O-])cc2)N(c2ccccc2)C1=O. The zero-order valence-corrected chi connectivity index (χ0v) is 16.6. The van der Waals surface area contributed by atoms with Crippen LogP contribution in [0.3, 0.4) is 0 Å². The van der Waals surface area contributed by atoms with Gasteiger partial charge >= 0.3 is 5.97 Å². The summed E-state index contributed by atoms with van der Waals surface area (Å²) in [5, 5.41) is 19.1. The van der Waals surface area contributed by atoms with E-state index in [9.17, 15) is 19.7 Å². The summed E-state index contributed by atoms with van der Waals surface area (Å²) in [6.07, 6.45) is 2.55. The molecule has 1 fully saturated rings. The van der Waals surface area contributed by atoms with E-state index in [1.807, 2.05) is 6.07 Å². The summed E-state index contributed by atoms with van der Waals surface area (Å²) >= 11 is 1.00. The first-order chi connectivity index (χ1) is 14.5. The van der Waals surface area contributed by atoms with Gasteiger partial charge in [-0.1, -0.05) is 18.2 Å². The summed E-state index contributed by atoms with van der Waals surface area (Å²) < 4.78 is 4.88. The van der Waals surface area contributed by atoms with Gasteiger partial charge < -0.3 is 4.74 Å². The van der Waals surface area contributed by atoms with Crippen molar-refractivity contribution in [2.75, 3.05) is 11.5 Å². The Kier molecular flexibility index (Phi) is 6.71. The maximum atomic E-state index is 12.8. The summed E-state index contributed by atoms with van der Waals surface area (Å²) in [5.74, 6) is -1.03. The molecule has 0 aliphatic carbocycles. The van der Waals surface area contributed by atoms with Crippen LogP contribution in [0.5, 0.6) is 0 Å². The third-order valence-corrected chi connectivity index (χ3v) is 4.77. The van der Waals surface area contributed by atoms with Crippen molar-refractivity contribution in [3.63, 3.8) is 0 Å². The summed E-state index contributed by atoms with van der Waals surface area (Å²) in [6.45, 7) is 1.88.